The molecule has 0 bridgehead atoms. The normalized spacial score (nSPS) is 13.8. The minimum Gasteiger partial charge on any atom is -0.494 e. The second-order valence-electron chi connectivity index (χ2n) is 12.4. The van der Waals surface area contributed by atoms with E-state index in [-0.39, 0.29) is 19.4 Å². The molecule has 0 heterocycles. The number of hydrogen-bond donors (Lipinski definition) is 2. The van der Waals surface area contributed by atoms with E-state index in [0.717, 1.165) is 64.0 Å². The third kappa shape index (κ3) is 16.7. The first-order valence-corrected chi connectivity index (χ1v) is 17.7. The van der Waals surface area contributed by atoms with Gasteiger partial charge in [0.05, 0.1) is 26.7 Å². The lowest BCUT2D eigenvalue weighted by Crippen LogP contribution is -2.55. The molecule has 1 aromatic carbocycles. The molecule has 1 amide bonds. The van der Waals surface area contributed by atoms with E-state index in [0.29, 0.717) is 37.4 Å². The van der Waals surface area contributed by atoms with Crippen molar-refractivity contribution in [3.8, 4) is 5.75 Å². The van der Waals surface area contributed by atoms with Crippen molar-refractivity contribution in [2.75, 3.05) is 34.5 Å². The van der Waals surface area contributed by atoms with Gasteiger partial charge < -0.3 is 29.4 Å². The summed E-state index contributed by atoms with van der Waals surface area (Å²) in [4.78, 5) is 51.6. The van der Waals surface area contributed by atoms with Crippen LogP contribution in [0.5, 0.6) is 5.75 Å². The number of ketones is 1. The van der Waals surface area contributed by atoms with Crippen molar-refractivity contribution in [1.82, 2.24) is 5.32 Å². The van der Waals surface area contributed by atoms with Gasteiger partial charge in [-0.3, -0.25) is 9.59 Å². The molecule has 0 aliphatic rings. The molecule has 0 aliphatic heterocycles. The molecule has 0 spiro atoms. The summed E-state index contributed by atoms with van der Waals surface area (Å²) in [5.74, 6) is -2.69. The fourth-order valence-electron chi connectivity index (χ4n) is 5.39. The number of carbonyl (C=O) groups excluding carboxylic acids is 4. The first kappa shape index (κ1) is 42.8. The molecule has 0 saturated carbocycles. The van der Waals surface area contributed by atoms with Gasteiger partial charge in [-0.05, 0) is 49.8 Å². The topological polar surface area (TPSA) is 137 Å². The summed E-state index contributed by atoms with van der Waals surface area (Å²) in [7, 11) is 3.80. The maximum atomic E-state index is 13.8. The van der Waals surface area contributed by atoms with Crippen molar-refractivity contribution in [3.05, 3.63) is 42.0 Å². The average Bonchev–Trinajstić information content (AvgIpc) is 3.09. The largest absolute Gasteiger partial charge is 0.494 e. The zero-order valence-electron chi connectivity index (χ0n) is 30.1. The number of esters is 2. The van der Waals surface area contributed by atoms with Crippen molar-refractivity contribution in [3.63, 3.8) is 0 Å². The van der Waals surface area contributed by atoms with Crippen LogP contribution in [0, 0.1) is 5.92 Å². The minimum absolute atomic E-state index is 0.00616. The van der Waals surface area contributed by atoms with Crippen LogP contribution in [0.3, 0.4) is 0 Å². The molecule has 10 heteroatoms. The van der Waals surface area contributed by atoms with Gasteiger partial charge in [0, 0.05) is 39.4 Å². The Balaban J connectivity index is 2.91. The summed E-state index contributed by atoms with van der Waals surface area (Å²) in [6, 6.07) is 6.17. The van der Waals surface area contributed by atoms with Crippen LogP contribution in [0.4, 0.5) is 0 Å². The van der Waals surface area contributed by atoms with Crippen molar-refractivity contribution >= 4 is 23.6 Å². The maximum absolute atomic E-state index is 13.8. The van der Waals surface area contributed by atoms with Crippen LogP contribution in [-0.2, 0) is 39.8 Å². The lowest BCUT2D eigenvalue weighted by Gasteiger charge is -2.32. The molecule has 48 heavy (non-hydrogen) atoms. The standard InChI is InChI=1S/C38H61NO9/c1-6-8-10-13-16-19-31(40)20-17-14-11-12-15-18-21-33(38(44,26-28-45-3)37(43)47-5)35(41)39-34(36(42)46-4)29-30-22-24-32(25-23-30)48-27-9-7-2/h18,21-25,33-34,44H,6-17,19-20,26-29H2,1-5H3,(H,39,41)/b21-18+/t33-,34+,38+/m1/s1. The predicted octanol–water partition coefficient (Wildman–Crippen LogP) is 6.45. The highest BCUT2D eigenvalue weighted by Crippen LogP contribution is 2.27. The monoisotopic (exact) mass is 675 g/mol. The quantitative estimate of drug-likeness (QED) is 0.0583. The number of ether oxygens (including phenoxy) is 4. The molecule has 0 fully saturated rings. The number of rotatable bonds is 28. The van der Waals surface area contributed by atoms with Gasteiger partial charge in [0.25, 0.3) is 0 Å². The number of amides is 1. The number of benzene rings is 1. The van der Waals surface area contributed by atoms with Gasteiger partial charge in [-0.25, -0.2) is 9.59 Å². The second kappa shape index (κ2) is 25.7. The van der Waals surface area contributed by atoms with Gasteiger partial charge in [0.2, 0.25) is 5.91 Å². The molecule has 3 atom stereocenters. The highest BCUT2D eigenvalue weighted by molar-refractivity contribution is 5.93. The molecule has 0 aromatic heterocycles. The Bertz CT molecular complexity index is 1090. The number of hydrogen-bond acceptors (Lipinski definition) is 9. The fourth-order valence-corrected chi connectivity index (χ4v) is 5.39. The van der Waals surface area contributed by atoms with Crippen molar-refractivity contribution in [2.24, 2.45) is 5.92 Å². The Morgan fingerprint density at radius 3 is 2.02 bits per heavy atom. The van der Waals surface area contributed by atoms with E-state index < -0.39 is 35.4 Å². The van der Waals surface area contributed by atoms with Crippen LogP contribution in [0.2, 0.25) is 0 Å². The van der Waals surface area contributed by atoms with E-state index in [4.69, 9.17) is 18.9 Å². The second-order valence-corrected chi connectivity index (χ2v) is 12.4. The van der Waals surface area contributed by atoms with E-state index >= 15 is 0 Å². The van der Waals surface area contributed by atoms with E-state index in [1.54, 1.807) is 18.2 Å². The van der Waals surface area contributed by atoms with Crippen LogP contribution >= 0.6 is 0 Å². The Morgan fingerprint density at radius 1 is 0.812 bits per heavy atom. The maximum Gasteiger partial charge on any atom is 0.339 e. The van der Waals surface area contributed by atoms with Gasteiger partial charge in [-0.15, -0.1) is 0 Å². The van der Waals surface area contributed by atoms with Crippen molar-refractivity contribution < 1.29 is 43.2 Å². The molecule has 2 N–H and O–H groups in total. The SMILES string of the molecule is CCCCCCCC(=O)CCCCCC/C=C/[C@H](C(=O)N[C@@H](Cc1ccc(OCCCC)cc1)C(=O)OC)[C@@](O)(CCOC)C(=O)OC. The Kier molecular flexibility index (Phi) is 22.9. The molecule has 0 unspecified atom stereocenters. The number of allylic oxidation sites excluding steroid dienone is 1. The highest BCUT2D eigenvalue weighted by Gasteiger charge is 2.48. The number of carbonyl (C=O) groups is 4. The van der Waals surface area contributed by atoms with Gasteiger partial charge in [-0.1, -0.05) is 83.1 Å². The summed E-state index contributed by atoms with van der Waals surface area (Å²) in [6.07, 6.45) is 16.2. The van der Waals surface area contributed by atoms with Crippen LogP contribution in [0.15, 0.2) is 36.4 Å². The average molecular weight is 676 g/mol. The summed E-state index contributed by atoms with van der Waals surface area (Å²) < 4.78 is 20.7. The summed E-state index contributed by atoms with van der Waals surface area (Å²) in [5.41, 5.74) is -1.47. The molecule has 1 rings (SSSR count). The molecule has 1 aromatic rings. The van der Waals surface area contributed by atoms with E-state index in [2.05, 4.69) is 19.2 Å². The summed E-state index contributed by atoms with van der Waals surface area (Å²) >= 11 is 0. The van der Waals surface area contributed by atoms with Gasteiger partial charge in [0.15, 0.2) is 5.60 Å². The molecule has 0 radical (unpaired) electrons. The Labute approximate surface area is 288 Å². The third-order valence-corrected chi connectivity index (χ3v) is 8.42. The van der Waals surface area contributed by atoms with Crippen molar-refractivity contribution in [1.29, 1.82) is 0 Å². The summed E-state index contributed by atoms with van der Waals surface area (Å²) in [6.45, 7) is 4.87. The van der Waals surface area contributed by atoms with E-state index in [9.17, 15) is 24.3 Å². The van der Waals surface area contributed by atoms with Gasteiger partial charge >= 0.3 is 11.9 Å². The lowest BCUT2D eigenvalue weighted by atomic mass is 9.83. The van der Waals surface area contributed by atoms with Crippen LogP contribution in [0.25, 0.3) is 0 Å². The summed E-state index contributed by atoms with van der Waals surface area (Å²) in [5, 5.41) is 14.3. The van der Waals surface area contributed by atoms with Gasteiger partial charge in [0.1, 0.15) is 17.6 Å². The van der Waals surface area contributed by atoms with Crippen LogP contribution in [0.1, 0.15) is 116 Å². The third-order valence-electron chi connectivity index (χ3n) is 8.42. The van der Waals surface area contributed by atoms with E-state index in [1.807, 2.05) is 12.1 Å². The molecule has 10 nitrogen and oxygen atoms in total. The number of Topliss-reactive ketones (excluding diaryl/α,β-unsaturated/α-hetero) is 1. The first-order chi connectivity index (χ1) is 23.2. The van der Waals surface area contributed by atoms with Crippen molar-refractivity contribution in [2.45, 2.75) is 128 Å². The smallest absolute Gasteiger partial charge is 0.339 e. The van der Waals surface area contributed by atoms with Crippen LogP contribution in [-0.4, -0.2) is 74.9 Å². The molecule has 0 saturated heterocycles. The fraction of sp³-hybridized carbons (Fsp3) is 0.684. The highest BCUT2D eigenvalue weighted by atomic mass is 16.5. The molecule has 272 valence electrons. The number of unbranched alkanes of at least 4 members (excludes halogenated alkanes) is 9. The lowest BCUT2D eigenvalue weighted by molar-refractivity contribution is -0.172. The minimum atomic E-state index is -2.24. The number of aliphatic hydroxyl groups is 1. The zero-order valence-corrected chi connectivity index (χ0v) is 30.1. The molecule has 0 aliphatic carbocycles. The van der Waals surface area contributed by atoms with Crippen LogP contribution < -0.4 is 10.1 Å². The number of nitrogens with one attached hydrogen (secondary N) is 1. The molecular weight excluding hydrogens is 614 g/mol. The Hall–Kier alpha value is -3.24. The number of methoxy groups -OCH3 is 3. The van der Waals surface area contributed by atoms with Gasteiger partial charge in [-0.2, -0.15) is 0 Å². The molecular formula is C38H61NO9. The Morgan fingerprint density at radius 2 is 1.44 bits per heavy atom. The zero-order chi connectivity index (χ0) is 35.6. The predicted molar refractivity (Wildman–Crippen MR) is 187 cm³/mol. The first-order valence-electron chi connectivity index (χ1n) is 17.7. The van der Waals surface area contributed by atoms with E-state index in [1.165, 1.54) is 39.6 Å².